The molecule has 0 heterocycles. The van der Waals surface area contributed by atoms with E-state index in [0.717, 1.165) is 32.1 Å². The molecule has 0 spiro atoms. The highest BCUT2D eigenvalue weighted by atomic mass is 16.1. The maximum atomic E-state index is 13.5. The monoisotopic (exact) mass is 896 g/mol. The van der Waals surface area contributed by atoms with Crippen molar-refractivity contribution in [1.29, 1.82) is 0 Å². The van der Waals surface area contributed by atoms with Gasteiger partial charge in [0.25, 0.3) is 0 Å². The summed E-state index contributed by atoms with van der Waals surface area (Å²) in [6.45, 7) is 6.89. The Morgan fingerprint density at radius 2 is 0.547 bits per heavy atom. The number of allylic oxidation sites excluding steroid dienone is 2. The minimum Gasteiger partial charge on any atom is -0.300 e. The molecule has 1 unspecified atom stereocenters. The third-order valence-corrected chi connectivity index (χ3v) is 14.4. The van der Waals surface area contributed by atoms with Crippen LogP contribution < -0.4 is 0 Å². The number of rotatable bonds is 57. The Hall–Kier alpha value is -0.920. The molecule has 0 bridgehead atoms. The Labute approximate surface area is 405 Å². The predicted molar refractivity (Wildman–Crippen MR) is 289 cm³/mol. The molecule has 0 saturated heterocycles. The summed E-state index contributed by atoms with van der Waals surface area (Å²) in [5.41, 5.74) is 0. The summed E-state index contributed by atoms with van der Waals surface area (Å²) in [6.07, 6.45) is 76.1. The molecule has 0 fully saturated rings. The lowest BCUT2D eigenvalue weighted by molar-refractivity contribution is -0.122. The van der Waals surface area contributed by atoms with Gasteiger partial charge in [-0.15, -0.1) is 0 Å². The second-order valence-electron chi connectivity index (χ2n) is 20.9. The molecule has 0 N–H and O–H groups in total. The third-order valence-electron chi connectivity index (χ3n) is 14.4. The fourth-order valence-corrected chi connectivity index (χ4v) is 9.83. The van der Waals surface area contributed by atoms with E-state index < -0.39 is 0 Å². The van der Waals surface area contributed by atoms with Crippen LogP contribution in [0.1, 0.15) is 361 Å². The molecule has 1 atom stereocenters. The standard InChI is InChI=1S/C62H119O2/c1-4-7-10-13-16-19-22-25-27-29-31-33-35-38-41-44-47-50-53-56-61(63)59-58-60(55-52-49-46-43-40-37-24-21-18-15-12-9-6-3)62(64)57-54-51-48-45-42-39-36-34-32-30-28-26-23-20-17-14-11-8-5-2/h37,40,58,60H,4-36,38-39,41-57,59H2,1-3H3/b40-37-. The van der Waals surface area contributed by atoms with Crippen molar-refractivity contribution in [3.63, 3.8) is 0 Å². The number of carbonyl (C=O) groups is 2. The maximum absolute atomic E-state index is 13.5. The SMILES string of the molecule is CCCCCCCC/C=C\CCCCCC([CH]CC(=O)CCCCCCCCCCCCCCCCCCCCC)C(=O)CCCCCCCCCCCCCCCCCCCCC. The number of unbranched alkanes of at least 4 members (excludes halogenated alkanes) is 45. The fourth-order valence-electron chi connectivity index (χ4n) is 9.83. The smallest absolute Gasteiger partial charge is 0.136 e. The van der Waals surface area contributed by atoms with Crippen LogP contribution in [-0.2, 0) is 9.59 Å². The van der Waals surface area contributed by atoms with Crippen LogP contribution in [0.25, 0.3) is 0 Å². The van der Waals surface area contributed by atoms with Crippen LogP contribution in [-0.4, -0.2) is 11.6 Å². The molecule has 0 aliphatic rings. The van der Waals surface area contributed by atoms with Gasteiger partial charge in [-0.1, -0.05) is 309 Å². The van der Waals surface area contributed by atoms with Crippen LogP contribution in [0, 0.1) is 12.3 Å². The van der Waals surface area contributed by atoms with Gasteiger partial charge in [-0.25, -0.2) is 0 Å². The van der Waals surface area contributed by atoms with E-state index in [1.165, 1.54) is 289 Å². The van der Waals surface area contributed by atoms with Crippen molar-refractivity contribution in [3.8, 4) is 0 Å². The quantitative estimate of drug-likeness (QED) is 0.0450. The van der Waals surface area contributed by atoms with Crippen molar-refractivity contribution in [3.05, 3.63) is 18.6 Å². The molecule has 0 aromatic heterocycles. The molecule has 0 saturated carbocycles. The lowest BCUT2D eigenvalue weighted by Gasteiger charge is -2.15. The van der Waals surface area contributed by atoms with Gasteiger partial charge in [0.05, 0.1) is 0 Å². The van der Waals surface area contributed by atoms with E-state index in [-0.39, 0.29) is 5.92 Å². The number of Topliss-reactive ketones (excluding diaryl/α,β-unsaturated/α-hetero) is 2. The van der Waals surface area contributed by atoms with Gasteiger partial charge in [-0.05, 0) is 51.4 Å². The summed E-state index contributed by atoms with van der Waals surface area (Å²) in [4.78, 5) is 26.4. The van der Waals surface area contributed by atoms with Crippen molar-refractivity contribution in [2.45, 2.75) is 361 Å². The Morgan fingerprint density at radius 3 is 0.859 bits per heavy atom. The number of hydrogen-bond acceptors (Lipinski definition) is 2. The van der Waals surface area contributed by atoms with Crippen molar-refractivity contribution < 1.29 is 9.59 Å². The Kier molecular flexibility index (Phi) is 55.6. The van der Waals surface area contributed by atoms with Crippen LogP contribution in [0.2, 0.25) is 0 Å². The maximum Gasteiger partial charge on any atom is 0.136 e. The highest BCUT2D eigenvalue weighted by molar-refractivity contribution is 5.85. The summed E-state index contributed by atoms with van der Waals surface area (Å²) in [7, 11) is 0. The van der Waals surface area contributed by atoms with Gasteiger partial charge in [0.2, 0.25) is 0 Å². The largest absolute Gasteiger partial charge is 0.300 e. The molecule has 1 radical (unpaired) electrons. The first-order chi connectivity index (χ1) is 31.7. The predicted octanol–water partition coefficient (Wildman–Crippen LogP) is 22.2. The number of hydrogen-bond donors (Lipinski definition) is 0. The van der Waals surface area contributed by atoms with E-state index in [2.05, 4.69) is 39.3 Å². The van der Waals surface area contributed by atoms with E-state index >= 15 is 0 Å². The van der Waals surface area contributed by atoms with E-state index in [1.807, 2.05) is 0 Å². The third kappa shape index (κ3) is 52.1. The minimum absolute atomic E-state index is 0.0205. The van der Waals surface area contributed by atoms with Crippen molar-refractivity contribution >= 4 is 11.6 Å². The van der Waals surface area contributed by atoms with E-state index in [4.69, 9.17) is 0 Å². The highest BCUT2D eigenvalue weighted by Gasteiger charge is 2.19. The fraction of sp³-hybridized carbons (Fsp3) is 0.919. The van der Waals surface area contributed by atoms with Gasteiger partial charge in [-0.3, -0.25) is 9.59 Å². The summed E-state index contributed by atoms with van der Waals surface area (Å²) >= 11 is 0. The molecule has 2 nitrogen and oxygen atoms in total. The van der Waals surface area contributed by atoms with Crippen LogP contribution >= 0.6 is 0 Å². The zero-order valence-corrected chi connectivity index (χ0v) is 44.6. The van der Waals surface area contributed by atoms with Gasteiger partial charge in [-0.2, -0.15) is 0 Å². The van der Waals surface area contributed by atoms with Gasteiger partial charge in [0.1, 0.15) is 11.6 Å². The average Bonchev–Trinajstić information content (AvgIpc) is 3.30. The zero-order valence-electron chi connectivity index (χ0n) is 44.6. The zero-order chi connectivity index (χ0) is 46.3. The molecular weight excluding hydrogens is 777 g/mol. The van der Waals surface area contributed by atoms with Gasteiger partial charge in [0, 0.05) is 25.2 Å². The lowest BCUT2D eigenvalue weighted by Crippen LogP contribution is -2.17. The van der Waals surface area contributed by atoms with Gasteiger partial charge in [0.15, 0.2) is 0 Å². The first-order valence-electron chi connectivity index (χ1n) is 30.2. The second kappa shape index (κ2) is 56.4. The van der Waals surface area contributed by atoms with Crippen molar-refractivity contribution in [2.24, 2.45) is 5.92 Å². The molecule has 0 aromatic rings. The number of ketones is 2. The first-order valence-corrected chi connectivity index (χ1v) is 30.2. The molecule has 0 aromatic carbocycles. The normalized spacial score (nSPS) is 12.2. The van der Waals surface area contributed by atoms with Crippen molar-refractivity contribution in [2.75, 3.05) is 0 Å². The summed E-state index contributed by atoms with van der Waals surface area (Å²) in [6, 6.07) is 0. The van der Waals surface area contributed by atoms with Crippen LogP contribution in [0.15, 0.2) is 12.2 Å². The second-order valence-corrected chi connectivity index (χ2v) is 20.9. The number of carbonyl (C=O) groups excluding carboxylic acids is 2. The topological polar surface area (TPSA) is 34.1 Å². The van der Waals surface area contributed by atoms with E-state index in [1.54, 1.807) is 0 Å². The molecule has 0 amide bonds. The summed E-state index contributed by atoms with van der Waals surface area (Å²) in [5.74, 6) is 0.735. The van der Waals surface area contributed by atoms with E-state index in [0.29, 0.717) is 30.8 Å². The average molecular weight is 897 g/mol. The molecule has 0 rings (SSSR count). The van der Waals surface area contributed by atoms with E-state index in [9.17, 15) is 9.59 Å². The molecule has 0 aliphatic carbocycles. The Bertz CT molecular complexity index is 920. The van der Waals surface area contributed by atoms with Crippen molar-refractivity contribution in [1.82, 2.24) is 0 Å². The molecule has 2 heteroatoms. The minimum atomic E-state index is -0.0205. The van der Waals surface area contributed by atoms with Crippen LogP contribution in [0.4, 0.5) is 0 Å². The summed E-state index contributed by atoms with van der Waals surface area (Å²) in [5, 5.41) is 0. The Balaban J connectivity index is 4.15. The highest BCUT2D eigenvalue weighted by Crippen LogP contribution is 2.22. The van der Waals surface area contributed by atoms with Gasteiger partial charge >= 0.3 is 0 Å². The van der Waals surface area contributed by atoms with Crippen LogP contribution in [0.3, 0.4) is 0 Å². The van der Waals surface area contributed by atoms with Gasteiger partial charge < -0.3 is 0 Å². The lowest BCUT2D eigenvalue weighted by atomic mass is 9.88. The Morgan fingerprint density at radius 1 is 0.297 bits per heavy atom. The first kappa shape index (κ1) is 63.1. The molecule has 0 aliphatic heterocycles. The summed E-state index contributed by atoms with van der Waals surface area (Å²) < 4.78 is 0. The molecule has 64 heavy (non-hydrogen) atoms. The molecule has 379 valence electrons. The molecular formula is C62H119O2. The van der Waals surface area contributed by atoms with Crippen LogP contribution in [0.5, 0.6) is 0 Å².